The molecule has 2 aromatic rings. The molecule has 2 heterocycles. The van der Waals surface area contributed by atoms with Gasteiger partial charge in [-0.2, -0.15) is 0 Å². The average molecular weight is 319 g/mol. The summed E-state index contributed by atoms with van der Waals surface area (Å²) in [5.74, 6) is 1.74. The molecule has 0 unspecified atom stereocenters. The number of anilines is 1. The summed E-state index contributed by atoms with van der Waals surface area (Å²) >= 11 is 3.48. The van der Waals surface area contributed by atoms with Crippen LogP contribution >= 0.6 is 15.9 Å². The van der Waals surface area contributed by atoms with Crippen LogP contribution in [0, 0.1) is 0 Å². The lowest BCUT2D eigenvalue weighted by Gasteiger charge is -2.12. The Hall–Kier alpha value is -1.55. The first kappa shape index (κ1) is 12.5. The number of para-hydroxylation sites is 1. The highest BCUT2D eigenvalue weighted by Gasteiger charge is 2.14. The van der Waals surface area contributed by atoms with Gasteiger partial charge >= 0.3 is 0 Å². The van der Waals surface area contributed by atoms with Gasteiger partial charge in [-0.1, -0.05) is 12.1 Å². The largest absolute Gasteiger partial charge is 0.440 e. The topological polar surface area (TPSA) is 28.7 Å². The maximum absolute atomic E-state index is 5.79. The van der Waals surface area contributed by atoms with Crippen LogP contribution in [0.3, 0.4) is 0 Å². The van der Waals surface area contributed by atoms with E-state index in [-0.39, 0.29) is 0 Å². The summed E-state index contributed by atoms with van der Waals surface area (Å²) in [5, 5.41) is 0. The molecule has 0 amide bonds. The predicted octanol–water partition coefficient (Wildman–Crippen LogP) is 4.39. The second kappa shape index (κ2) is 5.61. The molecule has 0 bridgehead atoms. The Morgan fingerprint density at radius 3 is 2.68 bits per heavy atom. The molecule has 0 saturated carbocycles. The van der Waals surface area contributed by atoms with Crippen molar-refractivity contribution in [1.29, 1.82) is 0 Å². The Labute approximate surface area is 121 Å². The Morgan fingerprint density at radius 2 is 1.89 bits per heavy atom. The van der Waals surface area contributed by atoms with E-state index < -0.39 is 0 Å². The summed E-state index contributed by atoms with van der Waals surface area (Å²) in [7, 11) is 0. The molecule has 19 heavy (non-hydrogen) atoms. The second-order valence-corrected chi connectivity index (χ2v) is 5.43. The van der Waals surface area contributed by atoms with Crippen molar-refractivity contribution in [3.63, 3.8) is 0 Å². The molecule has 0 aliphatic carbocycles. The third kappa shape index (κ3) is 2.89. The van der Waals surface area contributed by atoms with Crippen LogP contribution in [0.1, 0.15) is 18.6 Å². The summed E-state index contributed by atoms with van der Waals surface area (Å²) in [5.41, 5.74) is 0.904. The van der Waals surface area contributed by atoms with Crippen LogP contribution in [0.2, 0.25) is 0 Å². The van der Waals surface area contributed by atoms with Crippen LogP contribution in [0.15, 0.2) is 50.3 Å². The minimum atomic E-state index is 0.789. The van der Waals surface area contributed by atoms with E-state index in [0.29, 0.717) is 0 Å². The van der Waals surface area contributed by atoms with Crippen LogP contribution < -0.4 is 4.90 Å². The first-order valence-electron chi connectivity index (χ1n) is 6.46. The lowest BCUT2D eigenvalue weighted by molar-refractivity contribution is 0.550. The van der Waals surface area contributed by atoms with Gasteiger partial charge in [0, 0.05) is 23.6 Å². The van der Waals surface area contributed by atoms with E-state index in [4.69, 9.17) is 4.42 Å². The van der Waals surface area contributed by atoms with E-state index in [2.05, 4.69) is 25.8 Å². The standard InChI is InChI=1S/C15H15BrN2O/c16-13-5-1-2-6-14(13)17-11-12-7-8-15(19-12)18-9-3-4-10-18/h1-2,5-8,11H,3-4,9-10H2. The minimum absolute atomic E-state index is 0.789. The number of halogens is 1. The summed E-state index contributed by atoms with van der Waals surface area (Å²) in [6, 6.07) is 11.9. The van der Waals surface area contributed by atoms with Crippen molar-refractivity contribution in [3.05, 3.63) is 46.6 Å². The fraction of sp³-hybridized carbons (Fsp3) is 0.267. The van der Waals surface area contributed by atoms with Crippen molar-refractivity contribution in [2.24, 2.45) is 4.99 Å². The zero-order chi connectivity index (χ0) is 13.1. The molecule has 0 atom stereocenters. The fourth-order valence-electron chi connectivity index (χ4n) is 2.21. The van der Waals surface area contributed by atoms with Crippen LogP contribution in [0.25, 0.3) is 0 Å². The molecule has 0 spiro atoms. The van der Waals surface area contributed by atoms with Crippen LogP contribution in [0.4, 0.5) is 11.6 Å². The molecule has 1 aliphatic rings. The first-order valence-corrected chi connectivity index (χ1v) is 7.25. The molecule has 3 nitrogen and oxygen atoms in total. The number of hydrogen-bond donors (Lipinski definition) is 0. The lowest BCUT2D eigenvalue weighted by atomic mass is 10.3. The van der Waals surface area contributed by atoms with Gasteiger partial charge in [0.15, 0.2) is 5.88 Å². The molecule has 0 N–H and O–H groups in total. The van der Waals surface area contributed by atoms with Crippen molar-refractivity contribution in [1.82, 2.24) is 0 Å². The number of nitrogens with zero attached hydrogens (tertiary/aromatic N) is 2. The predicted molar refractivity (Wildman–Crippen MR) is 81.6 cm³/mol. The Morgan fingerprint density at radius 1 is 1.11 bits per heavy atom. The molecule has 1 aromatic carbocycles. The van der Waals surface area contributed by atoms with Crippen molar-refractivity contribution >= 4 is 33.7 Å². The van der Waals surface area contributed by atoms with Crippen LogP contribution in [-0.2, 0) is 0 Å². The highest BCUT2D eigenvalue weighted by Crippen LogP contribution is 2.25. The van der Waals surface area contributed by atoms with E-state index in [1.54, 1.807) is 6.21 Å². The maximum Gasteiger partial charge on any atom is 0.196 e. The summed E-state index contributed by atoms with van der Waals surface area (Å²) in [4.78, 5) is 6.71. The number of aliphatic imine (C=N–C) groups is 1. The number of hydrogen-bond acceptors (Lipinski definition) is 3. The molecule has 3 rings (SSSR count). The van der Waals surface area contributed by atoms with Crippen molar-refractivity contribution < 1.29 is 4.42 Å². The molecular formula is C15H15BrN2O. The van der Waals surface area contributed by atoms with Gasteiger partial charge in [-0.05, 0) is 47.0 Å². The highest BCUT2D eigenvalue weighted by atomic mass is 79.9. The average Bonchev–Trinajstić information content (AvgIpc) is 3.09. The lowest BCUT2D eigenvalue weighted by Crippen LogP contribution is -2.16. The van der Waals surface area contributed by atoms with Gasteiger partial charge in [-0.25, -0.2) is 0 Å². The van der Waals surface area contributed by atoms with Gasteiger partial charge in [-0.3, -0.25) is 4.99 Å². The van der Waals surface area contributed by atoms with Crippen molar-refractivity contribution in [2.75, 3.05) is 18.0 Å². The van der Waals surface area contributed by atoms with Crippen LogP contribution in [0.5, 0.6) is 0 Å². The third-order valence-corrected chi connectivity index (χ3v) is 3.88. The number of benzene rings is 1. The van der Waals surface area contributed by atoms with Gasteiger partial charge in [0.25, 0.3) is 0 Å². The van der Waals surface area contributed by atoms with Crippen molar-refractivity contribution in [3.8, 4) is 0 Å². The Bertz CT molecular complexity index is 585. The molecular weight excluding hydrogens is 304 g/mol. The number of rotatable bonds is 3. The van der Waals surface area contributed by atoms with Gasteiger partial charge in [0.1, 0.15) is 5.76 Å². The van der Waals surface area contributed by atoms with Gasteiger partial charge in [0.05, 0.1) is 11.9 Å². The van der Waals surface area contributed by atoms with E-state index in [0.717, 1.165) is 34.9 Å². The summed E-state index contributed by atoms with van der Waals surface area (Å²) in [6.45, 7) is 2.18. The quantitative estimate of drug-likeness (QED) is 0.785. The van der Waals surface area contributed by atoms with Gasteiger partial charge in [0.2, 0.25) is 0 Å². The second-order valence-electron chi connectivity index (χ2n) is 4.58. The van der Waals surface area contributed by atoms with Crippen LogP contribution in [-0.4, -0.2) is 19.3 Å². The summed E-state index contributed by atoms with van der Waals surface area (Å²) < 4.78 is 6.77. The van der Waals surface area contributed by atoms with Crippen molar-refractivity contribution in [2.45, 2.75) is 12.8 Å². The SMILES string of the molecule is Brc1ccccc1N=Cc1ccc(N2CCCC2)o1. The molecule has 1 fully saturated rings. The first-order chi connectivity index (χ1) is 9.33. The molecule has 98 valence electrons. The molecule has 4 heteroatoms. The van der Waals surface area contributed by atoms with Gasteiger partial charge < -0.3 is 9.32 Å². The Balaban J connectivity index is 1.75. The van der Waals surface area contributed by atoms with Gasteiger partial charge in [-0.15, -0.1) is 0 Å². The normalized spacial score (nSPS) is 15.5. The zero-order valence-electron chi connectivity index (χ0n) is 10.6. The van der Waals surface area contributed by atoms with E-state index in [1.807, 2.05) is 36.4 Å². The Kier molecular flexibility index (Phi) is 3.69. The summed E-state index contributed by atoms with van der Waals surface area (Å²) in [6.07, 6.45) is 4.27. The molecule has 0 radical (unpaired) electrons. The number of furan rings is 1. The highest BCUT2D eigenvalue weighted by molar-refractivity contribution is 9.10. The molecule has 1 saturated heterocycles. The minimum Gasteiger partial charge on any atom is -0.440 e. The molecule has 1 aromatic heterocycles. The van der Waals surface area contributed by atoms with E-state index >= 15 is 0 Å². The molecule has 1 aliphatic heterocycles. The van der Waals surface area contributed by atoms with E-state index in [1.165, 1.54) is 12.8 Å². The fourth-order valence-corrected chi connectivity index (χ4v) is 2.60. The third-order valence-electron chi connectivity index (χ3n) is 3.21. The maximum atomic E-state index is 5.79. The monoisotopic (exact) mass is 318 g/mol. The zero-order valence-corrected chi connectivity index (χ0v) is 12.1. The smallest absolute Gasteiger partial charge is 0.196 e. The van der Waals surface area contributed by atoms with E-state index in [9.17, 15) is 0 Å².